The molecular weight excluding hydrogens is 392 g/mol. The van der Waals surface area contributed by atoms with Crippen LogP contribution in [0.3, 0.4) is 0 Å². The highest BCUT2D eigenvalue weighted by molar-refractivity contribution is 6.01. The predicted molar refractivity (Wildman–Crippen MR) is 127 cm³/mol. The molecule has 1 aliphatic heterocycles. The van der Waals surface area contributed by atoms with Crippen molar-refractivity contribution in [3.8, 4) is 0 Å². The number of carbonyl (C=O) groups is 1. The van der Waals surface area contributed by atoms with E-state index in [2.05, 4.69) is 48.1 Å². The monoisotopic (exact) mass is 426 g/mol. The molecule has 1 aromatic rings. The molecule has 1 aromatic carbocycles. The zero-order valence-corrected chi connectivity index (χ0v) is 19.3. The first-order valence-electron chi connectivity index (χ1n) is 10.6. The number of amides is 1. The Balaban J connectivity index is 2.31. The molecule has 0 radical (unpaired) electrons. The van der Waals surface area contributed by atoms with E-state index in [1.54, 1.807) is 11.9 Å². The Hall–Kier alpha value is -2.90. The molecule has 0 saturated carbocycles. The molecule has 31 heavy (non-hydrogen) atoms. The third-order valence-corrected chi connectivity index (χ3v) is 5.37. The fourth-order valence-electron chi connectivity index (χ4n) is 3.44. The van der Waals surface area contributed by atoms with Crippen molar-refractivity contribution in [1.82, 2.24) is 11.0 Å². The van der Waals surface area contributed by atoms with E-state index in [1.165, 1.54) is 5.57 Å². The number of ether oxygens (including phenoxy) is 1. The van der Waals surface area contributed by atoms with Crippen molar-refractivity contribution in [3.63, 3.8) is 0 Å². The van der Waals surface area contributed by atoms with Crippen LogP contribution in [0.15, 0.2) is 52.7 Å². The molecule has 0 spiro atoms. The van der Waals surface area contributed by atoms with E-state index >= 15 is 0 Å². The van der Waals surface area contributed by atoms with Crippen molar-refractivity contribution in [2.24, 2.45) is 5.10 Å². The number of aliphatic hydroxyl groups is 1. The number of hydrazine groups is 1. The number of hydrazone groups is 1. The molecular formula is C24H34N4O3. The van der Waals surface area contributed by atoms with Gasteiger partial charge in [-0.25, -0.2) is 15.8 Å². The summed E-state index contributed by atoms with van der Waals surface area (Å²) in [6.45, 7) is 10.4. The summed E-state index contributed by atoms with van der Waals surface area (Å²) >= 11 is 0. The van der Waals surface area contributed by atoms with Gasteiger partial charge in [0.2, 0.25) is 0 Å². The predicted octanol–water partition coefficient (Wildman–Crippen LogP) is 4.10. The van der Waals surface area contributed by atoms with E-state index in [1.807, 2.05) is 39.0 Å². The smallest absolute Gasteiger partial charge is 0.414 e. The summed E-state index contributed by atoms with van der Waals surface area (Å²) in [6, 6.07) is 5.91. The largest absolute Gasteiger partial charge is 0.441 e. The second-order valence-corrected chi connectivity index (χ2v) is 7.48. The van der Waals surface area contributed by atoms with Crippen molar-refractivity contribution >= 4 is 23.1 Å². The lowest BCUT2D eigenvalue weighted by molar-refractivity contribution is 0.0963. The van der Waals surface area contributed by atoms with Crippen molar-refractivity contribution in [1.29, 1.82) is 0 Å². The van der Waals surface area contributed by atoms with Crippen LogP contribution in [0.25, 0.3) is 5.57 Å². The van der Waals surface area contributed by atoms with E-state index < -0.39 is 12.2 Å². The number of anilines is 1. The third-order valence-electron chi connectivity index (χ3n) is 5.37. The maximum atomic E-state index is 12.1. The van der Waals surface area contributed by atoms with E-state index in [-0.39, 0.29) is 6.61 Å². The second kappa shape index (κ2) is 11.5. The first-order valence-corrected chi connectivity index (χ1v) is 10.6. The molecule has 3 N–H and O–H groups in total. The number of nitrogens with one attached hydrogen (secondary N) is 2. The first kappa shape index (κ1) is 24.4. The molecule has 7 nitrogen and oxygen atoms in total. The Kier molecular flexibility index (Phi) is 9.03. The Morgan fingerprint density at radius 3 is 2.65 bits per heavy atom. The number of allylic oxidation sites excluding steroid dienone is 6. The van der Waals surface area contributed by atoms with Gasteiger partial charge in [-0.1, -0.05) is 36.8 Å². The van der Waals surface area contributed by atoms with Crippen LogP contribution in [-0.4, -0.2) is 43.2 Å². The molecule has 1 fully saturated rings. The molecule has 7 heteroatoms. The zero-order chi connectivity index (χ0) is 23.0. The molecule has 1 unspecified atom stereocenters. The highest BCUT2D eigenvalue weighted by Gasteiger charge is 2.31. The topological polar surface area (TPSA) is 86.2 Å². The van der Waals surface area contributed by atoms with E-state index in [9.17, 15) is 9.90 Å². The average molecular weight is 427 g/mol. The van der Waals surface area contributed by atoms with Gasteiger partial charge in [0, 0.05) is 12.7 Å². The second-order valence-electron chi connectivity index (χ2n) is 7.48. The number of aliphatic hydroxyl groups excluding tert-OH is 1. The van der Waals surface area contributed by atoms with Gasteiger partial charge in [-0.15, -0.1) is 0 Å². The highest BCUT2D eigenvalue weighted by Crippen LogP contribution is 2.28. The highest BCUT2D eigenvalue weighted by atomic mass is 16.6. The molecule has 0 aromatic heterocycles. The Bertz CT molecular complexity index is 915. The Labute approximate surface area is 185 Å². The molecule has 1 saturated heterocycles. The molecule has 0 bridgehead atoms. The Morgan fingerprint density at radius 1 is 1.35 bits per heavy atom. The lowest BCUT2D eigenvalue weighted by atomic mass is 9.96. The maximum Gasteiger partial charge on any atom is 0.414 e. The van der Waals surface area contributed by atoms with Crippen LogP contribution in [0.2, 0.25) is 0 Å². The minimum absolute atomic E-state index is 0.174. The van der Waals surface area contributed by atoms with E-state index in [0.29, 0.717) is 6.54 Å². The summed E-state index contributed by atoms with van der Waals surface area (Å²) in [5, 5.41) is 13.6. The molecule has 1 atom stereocenters. The summed E-state index contributed by atoms with van der Waals surface area (Å²) in [7, 11) is 1.78. The van der Waals surface area contributed by atoms with Crippen LogP contribution in [-0.2, 0) is 4.74 Å². The summed E-state index contributed by atoms with van der Waals surface area (Å²) in [6.07, 6.45) is 6.30. The summed E-state index contributed by atoms with van der Waals surface area (Å²) < 4.78 is 5.15. The Morgan fingerprint density at radius 2 is 2.10 bits per heavy atom. The van der Waals surface area contributed by atoms with Crippen LogP contribution >= 0.6 is 0 Å². The first-order chi connectivity index (χ1) is 14.9. The summed E-state index contributed by atoms with van der Waals surface area (Å²) in [5.41, 5.74) is 12.8. The van der Waals surface area contributed by atoms with Crippen LogP contribution in [0, 0.1) is 6.92 Å². The van der Waals surface area contributed by atoms with Crippen LogP contribution in [0.4, 0.5) is 10.5 Å². The standard InChI is InChI=1S/C24H34N4O3/c1-7-16(3)22(18(5)26-27-25-6)11-9-19(8-2)23-12-10-20(13-17(23)4)28-14-21(15-29)31-24(28)30/h8-13,21,25,27,29H,7,14-15H2,1-6H3/b11-9-,19-8+,22-16+,26-18+. The normalized spacial score (nSPS) is 18.5. The van der Waals surface area contributed by atoms with Crippen molar-refractivity contribution in [2.75, 3.05) is 25.1 Å². The van der Waals surface area contributed by atoms with Gasteiger partial charge >= 0.3 is 6.09 Å². The molecule has 1 amide bonds. The van der Waals surface area contributed by atoms with E-state index in [0.717, 1.165) is 40.1 Å². The summed E-state index contributed by atoms with van der Waals surface area (Å²) in [5.74, 6) is 0. The van der Waals surface area contributed by atoms with Gasteiger partial charge in [0.25, 0.3) is 0 Å². The number of benzene rings is 1. The van der Waals surface area contributed by atoms with Gasteiger partial charge in [-0.2, -0.15) is 5.10 Å². The number of nitrogens with zero attached hydrogens (tertiary/aromatic N) is 2. The lowest BCUT2D eigenvalue weighted by Crippen LogP contribution is -2.25. The summed E-state index contributed by atoms with van der Waals surface area (Å²) in [4.78, 5) is 13.6. The lowest BCUT2D eigenvalue weighted by Gasteiger charge is -2.16. The van der Waals surface area contributed by atoms with Crippen molar-refractivity contribution < 1.29 is 14.6 Å². The van der Waals surface area contributed by atoms with Crippen LogP contribution < -0.4 is 15.9 Å². The number of cyclic esters (lactones) is 1. The molecule has 168 valence electrons. The fourth-order valence-corrected chi connectivity index (χ4v) is 3.44. The minimum atomic E-state index is -0.476. The molecule has 0 aliphatic carbocycles. The molecule has 2 rings (SSSR count). The minimum Gasteiger partial charge on any atom is -0.441 e. The number of carbonyl (C=O) groups excluding carboxylic acids is 1. The number of hydrogen-bond donors (Lipinski definition) is 3. The molecule has 1 heterocycles. The number of hydrogen-bond acceptors (Lipinski definition) is 6. The van der Waals surface area contributed by atoms with Crippen molar-refractivity contribution in [3.05, 3.63) is 58.7 Å². The number of rotatable bonds is 9. The van der Waals surface area contributed by atoms with Gasteiger partial charge in [-0.3, -0.25) is 4.90 Å². The average Bonchev–Trinajstić information content (AvgIpc) is 3.15. The van der Waals surface area contributed by atoms with Gasteiger partial charge < -0.3 is 9.84 Å². The maximum absolute atomic E-state index is 12.1. The van der Waals surface area contributed by atoms with Gasteiger partial charge in [0.1, 0.15) is 6.10 Å². The van der Waals surface area contributed by atoms with E-state index in [4.69, 9.17) is 4.74 Å². The van der Waals surface area contributed by atoms with Gasteiger partial charge in [0.15, 0.2) is 0 Å². The fraction of sp³-hybridized carbons (Fsp3) is 0.417. The van der Waals surface area contributed by atoms with Gasteiger partial charge in [-0.05, 0) is 68.5 Å². The SMILES string of the molecule is C\C=C(/C=C\C(C(\C)=N\NNC)=C(\C)CC)c1ccc(N2CC(CO)OC2=O)cc1C. The molecule has 1 aliphatic rings. The zero-order valence-electron chi connectivity index (χ0n) is 19.3. The number of aryl methyl sites for hydroxylation is 1. The van der Waals surface area contributed by atoms with Crippen LogP contribution in [0.5, 0.6) is 0 Å². The van der Waals surface area contributed by atoms with Crippen LogP contribution in [0.1, 0.15) is 45.2 Å². The van der Waals surface area contributed by atoms with Crippen molar-refractivity contribution in [2.45, 2.75) is 47.1 Å². The third kappa shape index (κ3) is 6.06. The van der Waals surface area contributed by atoms with Gasteiger partial charge in [0.05, 0.1) is 18.9 Å². The quantitative estimate of drug-likeness (QED) is 0.314.